The molecule has 0 aliphatic rings. The second-order valence-corrected chi connectivity index (χ2v) is 3.81. The van der Waals surface area contributed by atoms with Gasteiger partial charge >= 0.3 is 0 Å². The highest BCUT2D eigenvalue weighted by Crippen LogP contribution is 2.23. The average Bonchev–Trinajstić information content (AvgIpc) is 2.15. The van der Waals surface area contributed by atoms with E-state index in [0.29, 0.717) is 19.8 Å². The molecular weight excluding hydrogens is 178 g/mol. The van der Waals surface area contributed by atoms with Crippen LogP contribution in [0.3, 0.4) is 0 Å². The smallest absolute Gasteiger partial charge is 0.228 e. The van der Waals surface area contributed by atoms with Crippen LogP contribution in [-0.2, 0) is 9.53 Å². The Hall–Kier alpha value is -0.570. The van der Waals surface area contributed by atoms with Crippen molar-refractivity contribution in [1.29, 1.82) is 0 Å². The molecule has 0 radical (unpaired) electrons. The molecule has 0 rings (SSSR count). The van der Waals surface area contributed by atoms with Crippen molar-refractivity contribution in [2.75, 3.05) is 19.8 Å². The zero-order valence-corrected chi connectivity index (χ0v) is 9.85. The summed E-state index contributed by atoms with van der Waals surface area (Å²) in [4.78, 5) is 11.8. The van der Waals surface area contributed by atoms with Gasteiger partial charge in [0, 0.05) is 13.2 Å². The molecule has 1 atom stereocenters. The fourth-order valence-electron chi connectivity index (χ4n) is 1.50. The molecular formula is C11H23NO2. The van der Waals surface area contributed by atoms with E-state index in [1.54, 1.807) is 0 Å². The Balaban J connectivity index is 4.28. The quantitative estimate of drug-likeness (QED) is 0.684. The largest absolute Gasteiger partial charge is 0.381 e. The molecule has 0 heterocycles. The maximum atomic E-state index is 11.8. The molecule has 0 aliphatic heterocycles. The highest BCUT2D eigenvalue weighted by Gasteiger charge is 2.31. The van der Waals surface area contributed by atoms with Gasteiger partial charge in [-0.05, 0) is 27.2 Å². The van der Waals surface area contributed by atoms with E-state index in [4.69, 9.17) is 4.74 Å². The molecule has 1 N–H and O–H groups in total. The van der Waals surface area contributed by atoms with Gasteiger partial charge in [0.05, 0.1) is 12.0 Å². The highest BCUT2D eigenvalue weighted by atomic mass is 16.5. The van der Waals surface area contributed by atoms with Crippen LogP contribution in [0.2, 0.25) is 0 Å². The van der Waals surface area contributed by atoms with Crippen molar-refractivity contribution in [3.05, 3.63) is 0 Å². The van der Waals surface area contributed by atoms with Crippen LogP contribution in [0.4, 0.5) is 0 Å². The Morgan fingerprint density at radius 2 is 2.00 bits per heavy atom. The fraction of sp³-hybridized carbons (Fsp3) is 0.909. The third-order valence-electron chi connectivity index (χ3n) is 2.31. The zero-order chi connectivity index (χ0) is 11.0. The van der Waals surface area contributed by atoms with Crippen molar-refractivity contribution < 1.29 is 9.53 Å². The van der Waals surface area contributed by atoms with Crippen molar-refractivity contribution in [3.8, 4) is 0 Å². The lowest BCUT2D eigenvalue weighted by Gasteiger charge is -2.27. The third kappa shape index (κ3) is 4.09. The molecule has 0 aliphatic carbocycles. The number of hydrogen-bond donors (Lipinski definition) is 1. The second kappa shape index (κ2) is 6.82. The number of nitrogens with one attached hydrogen (secondary N) is 1. The van der Waals surface area contributed by atoms with Gasteiger partial charge in [-0.3, -0.25) is 4.79 Å². The Labute approximate surface area is 87.2 Å². The zero-order valence-electron chi connectivity index (χ0n) is 9.85. The van der Waals surface area contributed by atoms with Gasteiger partial charge in [-0.2, -0.15) is 0 Å². The van der Waals surface area contributed by atoms with Crippen LogP contribution >= 0.6 is 0 Å². The SMILES string of the molecule is CCCC(C)(COCC)C(=O)NCC. The molecule has 0 aromatic carbocycles. The van der Waals surface area contributed by atoms with Gasteiger partial charge in [0.2, 0.25) is 5.91 Å². The van der Waals surface area contributed by atoms with Crippen LogP contribution in [0.25, 0.3) is 0 Å². The lowest BCUT2D eigenvalue weighted by atomic mass is 9.85. The first-order chi connectivity index (χ1) is 6.60. The van der Waals surface area contributed by atoms with Crippen molar-refractivity contribution in [2.24, 2.45) is 5.41 Å². The van der Waals surface area contributed by atoms with Crippen molar-refractivity contribution in [1.82, 2.24) is 5.32 Å². The molecule has 14 heavy (non-hydrogen) atoms. The van der Waals surface area contributed by atoms with Crippen LogP contribution in [0.15, 0.2) is 0 Å². The van der Waals surface area contributed by atoms with E-state index in [0.717, 1.165) is 12.8 Å². The van der Waals surface area contributed by atoms with Crippen LogP contribution in [0, 0.1) is 5.41 Å². The summed E-state index contributed by atoms with van der Waals surface area (Å²) in [5, 5.41) is 2.86. The third-order valence-corrected chi connectivity index (χ3v) is 2.31. The van der Waals surface area contributed by atoms with Gasteiger partial charge in [0.25, 0.3) is 0 Å². The second-order valence-electron chi connectivity index (χ2n) is 3.81. The van der Waals surface area contributed by atoms with Crippen LogP contribution < -0.4 is 5.32 Å². The first-order valence-corrected chi connectivity index (χ1v) is 5.46. The summed E-state index contributed by atoms with van der Waals surface area (Å²) in [7, 11) is 0. The molecule has 0 aromatic rings. The van der Waals surface area contributed by atoms with Gasteiger partial charge in [-0.25, -0.2) is 0 Å². The normalized spacial score (nSPS) is 14.9. The van der Waals surface area contributed by atoms with E-state index in [9.17, 15) is 4.79 Å². The Bertz CT molecular complexity index is 171. The van der Waals surface area contributed by atoms with Crippen molar-refractivity contribution in [2.45, 2.75) is 40.5 Å². The molecule has 0 saturated carbocycles. The molecule has 0 saturated heterocycles. The number of carbonyl (C=O) groups excluding carboxylic acids is 1. The predicted molar refractivity (Wildman–Crippen MR) is 58.2 cm³/mol. The summed E-state index contributed by atoms with van der Waals surface area (Å²) in [6.07, 6.45) is 1.87. The molecule has 84 valence electrons. The molecule has 0 aromatic heterocycles. The summed E-state index contributed by atoms with van der Waals surface area (Å²) >= 11 is 0. The number of carbonyl (C=O) groups is 1. The van der Waals surface area contributed by atoms with E-state index in [1.165, 1.54) is 0 Å². The monoisotopic (exact) mass is 201 g/mol. The van der Waals surface area contributed by atoms with Gasteiger partial charge in [0.1, 0.15) is 0 Å². The fourth-order valence-corrected chi connectivity index (χ4v) is 1.50. The summed E-state index contributed by atoms with van der Waals surface area (Å²) < 4.78 is 5.36. The average molecular weight is 201 g/mol. The molecule has 3 heteroatoms. The summed E-state index contributed by atoms with van der Waals surface area (Å²) in [6, 6.07) is 0. The Morgan fingerprint density at radius 1 is 1.36 bits per heavy atom. The summed E-state index contributed by atoms with van der Waals surface area (Å²) in [6.45, 7) is 9.81. The van der Waals surface area contributed by atoms with Crippen molar-refractivity contribution in [3.63, 3.8) is 0 Å². The Morgan fingerprint density at radius 3 is 2.43 bits per heavy atom. The van der Waals surface area contributed by atoms with Crippen molar-refractivity contribution >= 4 is 5.91 Å². The minimum absolute atomic E-state index is 0.107. The minimum atomic E-state index is -0.360. The van der Waals surface area contributed by atoms with E-state index in [2.05, 4.69) is 12.2 Å². The van der Waals surface area contributed by atoms with Crippen LogP contribution in [-0.4, -0.2) is 25.7 Å². The van der Waals surface area contributed by atoms with E-state index >= 15 is 0 Å². The molecule has 0 spiro atoms. The molecule has 1 unspecified atom stereocenters. The molecule has 0 fully saturated rings. The number of ether oxygens (including phenoxy) is 1. The maximum Gasteiger partial charge on any atom is 0.228 e. The standard InChI is InChI=1S/C11H23NO2/c1-5-8-11(4,9-14-7-3)10(13)12-6-2/h5-9H2,1-4H3,(H,12,13). The van der Waals surface area contributed by atoms with Gasteiger partial charge in [-0.15, -0.1) is 0 Å². The van der Waals surface area contributed by atoms with Crippen LogP contribution in [0.1, 0.15) is 40.5 Å². The number of amides is 1. The number of hydrogen-bond acceptors (Lipinski definition) is 2. The predicted octanol–water partition coefficient (Wildman–Crippen LogP) is 1.97. The molecule has 1 amide bonds. The van der Waals surface area contributed by atoms with E-state index < -0.39 is 0 Å². The van der Waals surface area contributed by atoms with Crippen LogP contribution in [0.5, 0.6) is 0 Å². The maximum absolute atomic E-state index is 11.8. The minimum Gasteiger partial charge on any atom is -0.381 e. The summed E-state index contributed by atoms with van der Waals surface area (Å²) in [5.74, 6) is 0.107. The highest BCUT2D eigenvalue weighted by molar-refractivity contribution is 5.82. The van der Waals surface area contributed by atoms with E-state index in [-0.39, 0.29) is 11.3 Å². The van der Waals surface area contributed by atoms with E-state index in [1.807, 2.05) is 20.8 Å². The van der Waals surface area contributed by atoms with Gasteiger partial charge in [0.15, 0.2) is 0 Å². The van der Waals surface area contributed by atoms with Gasteiger partial charge < -0.3 is 10.1 Å². The first kappa shape index (κ1) is 13.4. The lowest BCUT2D eigenvalue weighted by molar-refractivity contribution is -0.134. The van der Waals surface area contributed by atoms with Gasteiger partial charge in [-0.1, -0.05) is 13.3 Å². The lowest BCUT2D eigenvalue weighted by Crippen LogP contribution is -2.42. The molecule has 3 nitrogen and oxygen atoms in total. The Kier molecular flexibility index (Phi) is 6.54. The molecule has 0 bridgehead atoms. The first-order valence-electron chi connectivity index (χ1n) is 5.46. The number of rotatable bonds is 7. The topological polar surface area (TPSA) is 38.3 Å². The summed E-state index contributed by atoms with van der Waals surface area (Å²) in [5.41, 5.74) is -0.360.